The lowest BCUT2D eigenvalue weighted by molar-refractivity contribution is 0.140. The smallest absolute Gasteiger partial charge is 0.133 e. The highest BCUT2D eigenvalue weighted by atomic mass is 16.5. The molecule has 0 aliphatic carbocycles. The van der Waals surface area contributed by atoms with Crippen LogP contribution < -0.4 is 9.47 Å². The molecule has 3 heterocycles. The Bertz CT molecular complexity index is 1510. The van der Waals surface area contributed by atoms with Crippen molar-refractivity contribution in [3.8, 4) is 11.5 Å². The van der Waals surface area contributed by atoms with Crippen LogP contribution in [0.3, 0.4) is 0 Å². The molecule has 4 heteroatoms. The summed E-state index contributed by atoms with van der Waals surface area (Å²) >= 11 is 0. The molecule has 0 unspecified atom stereocenters. The van der Waals surface area contributed by atoms with Gasteiger partial charge in [-0.15, -0.1) is 0 Å². The van der Waals surface area contributed by atoms with Crippen molar-refractivity contribution >= 4 is 43.6 Å². The van der Waals surface area contributed by atoms with E-state index in [0.29, 0.717) is 0 Å². The second-order valence-electron chi connectivity index (χ2n) is 10.4. The Labute approximate surface area is 186 Å². The van der Waals surface area contributed by atoms with E-state index in [2.05, 4.69) is 76.2 Å². The van der Waals surface area contributed by atoms with Gasteiger partial charge in [-0.3, -0.25) is 0 Å². The Kier molecular flexibility index (Phi) is 3.23. The molecule has 2 aliphatic rings. The van der Waals surface area contributed by atoms with Gasteiger partial charge in [-0.05, 0) is 27.7 Å². The molecule has 0 N–H and O–H groups in total. The van der Waals surface area contributed by atoms with E-state index in [1.165, 1.54) is 11.1 Å². The van der Waals surface area contributed by atoms with Crippen LogP contribution in [0.1, 0.15) is 38.8 Å². The van der Waals surface area contributed by atoms with Crippen molar-refractivity contribution in [3.05, 3.63) is 59.7 Å². The highest BCUT2D eigenvalue weighted by Crippen LogP contribution is 2.48. The lowest BCUT2D eigenvalue weighted by Gasteiger charge is -2.17. The van der Waals surface area contributed by atoms with E-state index in [4.69, 9.17) is 19.4 Å². The van der Waals surface area contributed by atoms with E-state index in [1.807, 2.05) is 0 Å². The van der Waals surface area contributed by atoms with Gasteiger partial charge in [0, 0.05) is 45.5 Å². The lowest BCUT2D eigenvalue weighted by Crippen LogP contribution is -2.24. The number of fused-ring (bicyclic) bond motifs is 12. The van der Waals surface area contributed by atoms with Gasteiger partial charge in [-0.2, -0.15) is 0 Å². The van der Waals surface area contributed by atoms with Crippen molar-refractivity contribution < 1.29 is 9.47 Å². The molecule has 0 amide bonds. The molecule has 32 heavy (non-hydrogen) atoms. The molecular formula is C28H24N2O2. The van der Waals surface area contributed by atoms with E-state index in [9.17, 15) is 0 Å². The number of rotatable bonds is 0. The van der Waals surface area contributed by atoms with Crippen LogP contribution in [-0.4, -0.2) is 21.2 Å². The van der Waals surface area contributed by atoms with Crippen LogP contribution in [-0.2, 0) is 12.8 Å². The minimum Gasteiger partial charge on any atom is -0.486 e. The number of hydrogen-bond donors (Lipinski definition) is 0. The Morgan fingerprint density at radius 1 is 0.562 bits per heavy atom. The molecular weight excluding hydrogens is 396 g/mol. The third kappa shape index (κ3) is 2.32. The average molecular weight is 421 g/mol. The van der Waals surface area contributed by atoms with E-state index >= 15 is 0 Å². The quantitative estimate of drug-likeness (QED) is 0.211. The Morgan fingerprint density at radius 3 is 1.34 bits per heavy atom. The number of ether oxygens (including phenoxy) is 2. The van der Waals surface area contributed by atoms with Crippen molar-refractivity contribution in [1.29, 1.82) is 0 Å². The Balaban J connectivity index is 1.71. The molecule has 0 bridgehead atoms. The molecule has 158 valence electrons. The van der Waals surface area contributed by atoms with Gasteiger partial charge < -0.3 is 9.47 Å². The zero-order chi connectivity index (χ0) is 21.8. The zero-order valence-electron chi connectivity index (χ0n) is 18.7. The zero-order valence-corrected chi connectivity index (χ0v) is 18.7. The van der Waals surface area contributed by atoms with Gasteiger partial charge in [-0.1, -0.05) is 48.5 Å². The fourth-order valence-electron chi connectivity index (χ4n) is 5.58. The van der Waals surface area contributed by atoms with Crippen LogP contribution >= 0.6 is 0 Å². The number of benzene rings is 4. The molecule has 2 aliphatic heterocycles. The molecule has 0 saturated carbocycles. The van der Waals surface area contributed by atoms with Gasteiger partial charge in [0.15, 0.2) is 0 Å². The monoisotopic (exact) mass is 420 g/mol. The maximum absolute atomic E-state index is 6.43. The number of aromatic nitrogens is 2. The van der Waals surface area contributed by atoms with Crippen molar-refractivity contribution in [1.82, 2.24) is 9.97 Å². The summed E-state index contributed by atoms with van der Waals surface area (Å²) in [6.07, 6.45) is 1.64. The summed E-state index contributed by atoms with van der Waals surface area (Å²) in [7, 11) is 0. The molecule has 4 nitrogen and oxygen atoms in total. The van der Waals surface area contributed by atoms with Crippen LogP contribution in [0.4, 0.5) is 0 Å². The summed E-state index contributed by atoms with van der Waals surface area (Å²) in [6, 6.07) is 16.8. The molecule has 0 atom stereocenters. The minimum absolute atomic E-state index is 0.256. The molecule has 0 spiro atoms. The Hall–Kier alpha value is -3.40. The lowest BCUT2D eigenvalue weighted by atomic mass is 9.95. The van der Waals surface area contributed by atoms with Crippen LogP contribution in [0, 0.1) is 0 Å². The summed E-state index contributed by atoms with van der Waals surface area (Å²) in [6.45, 7) is 8.57. The summed E-state index contributed by atoms with van der Waals surface area (Å²) in [5, 5.41) is 4.41. The predicted octanol–water partition coefficient (Wildman–Crippen LogP) is 6.52. The third-order valence-corrected chi connectivity index (χ3v) is 6.83. The number of hydrogen-bond acceptors (Lipinski definition) is 4. The SMILES string of the molecule is CC1(C)Cc2c(c3ccccc3c3nc4c5c(c6ccccc6c4nc23)OC(C)(C)C5)O1. The molecule has 0 saturated heterocycles. The van der Waals surface area contributed by atoms with Crippen molar-refractivity contribution in [2.75, 3.05) is 0 Å². The van der Waals surface area contributed by atoms with Gasteiger partial charge >= 0.3 is 0 Å². The highest BCUT2D eigenvalue weighted by Gasteiger charge is 2.37. The van der Waals surface area contributed by atoms with Crippen molar-refractivity contribution in [2.24, 2.45) is 0 Å². The van der Waals surface area contributed by atoms with Crippen molar-refractivity contribution in [3.63, 3.8) is 0 Å². The van der Waals surface area contributed by atoms with Gasteiger partial charge in [0.05, 0.1) is 22.1 Å². The molecule has 0 fully saturated rings. The first-order valence-electron chi connectivity index (χ1n) is 11.3. The van der Waals surface area contributed by atoms with Crippen LogP contribution in [0.25, 0.3) is 43.6 Å². The van der Waals surface area contributed by atoms with E-state index in [0.717, 1.165) is 68.0 Å². The van der Waals surface area contributed by atoms with Gasteiger partial charge in [-0.25, -0.2) is 9.97 Å². The van der Waals surface area contributed by atoms with E-state index in [-0.39, 0.29) is 11.2 Å². The van der Waals surface area contributed by atoms with Gasteiger partial charge in [0.25, 0.3) is 0 Å². The van der Waals surface area contributed by atoms with Gasteiger partial charge in [0.2, 0.25) is 0 Å². The normalized spacial score (nSPS) is 18.1. The summed E-state index contributed by atoms with van der Waals surface area (Å²) in [5.74, 6) is 1.92. The van der Waals surface area contributed by atoms with Crippen LogP contribution in [0.15, 0.2) is 48.5 Å². The maximum Gasteiger partial charge on any atom is 0.133 e. The summed E-state index contributed by atoms with van der Waals surface area (Å²) in [4.78, 5) is 10.6. The molecule has 4 aromatic carbocycles. The molecule has 0 radical (unpaired) electrons. The standard InChI is InChI=1S/C28H24N2O2/c1-27(2)13-19-23-21(15-9-5-7-11-17(15)25(19)31-27)30-24-20-14-28(3,4)32-26(20)18-12-8-6-10-16(18)22(24)29-23/h5-12H,13-14H2,1-4H3. The molecule has 7 rings (SSSR count). The average Bonchev–Trinajstić information content (AvgIpc) is 3.28. The first-order chi connectivity index (χ1) is 15.3. The van der Waals surface area contributed by atoms with E-state index in [1.54, 1.807) is 0 Å². The second kappa shape index (κ2) is 5.69. The Morgan fingerprint density at radius 2 is 0.938 bits per heavy atom. The minimum atomic E-state index is -0.256. The van der Waals surface area contributed by atoms with Gasteiger partial charge in [0.1, 0.15) is 22.7 Å². The first kappa shape index (κ1) is 18.2. The second-order valence-corrected chi connectivity index (χ2v) is 10.4. The summed E-state index contributed by atoms with van der Waals surface area (Å²) in [5.41, 5.74) is 5.64. The summed E-state index contributed by atoms with van der Waals surface area (Å²) < 4.78 is 12.9. The first-order valence-corrected chi connectivity index (χ1v) is 11.3. The van der Waals surface area contributed by atoms with Crippen LogP contribution in [0.2, 0.25) is 0 Å². The fraction of sp³-hybridized carbons (Fsp3) is 0.286. The third-order valence-electron chi connectivity index (χ3n) is 6.83. The topological polar surface area (TPSA) is 44.2 Å². The molecule has 5 aromatic rings. The predicted molar refractivity (Wildman–Crippen MR) is 129 cm³/mol. The fourth-order valence-corrected chi connectivity index (χ4v) is 5.58. The largest absolute Gasteiger partial charge is 0.486 e. The van der Waals surface area contributed by atoms with Crippen molar-refractivity contribution in [2.45, 2.75) is 51.7 Å². The molecule has 1 aromatic heterocycles. The van der Waals surface area contributed by atoms with Crippen LogP contribution in [0.5, 0.6) is 11.5 Å². The number of nitrogens with zero attached hydrogens (tertiary/aromatic N) is 2. The van der Waals surface area contributed by atoms with E-state index < -0.39 is 0 Å². The highest BCUT2D eigenvalue weighted by molar-refractivity contribution is 6.15. The maximum atomic E-state index is 6.43.